The van der Waals surface area contributed by atoms with Crippen LogP contribution in [0.25, 0.3) is 0 Å². The molecule has 2 heterocycles. The normalized spacial score (nSPS) is 19.8. The van der Waals surface area contributed by atoms with Crippen LogP contribution in [-0.4, -0.2) is 60.4 Å². The molecule has 2 fully saturated rings. The lowest BCUT2D eigenvalue weighted by molar-refractivity contribution is -0.125. The van der Waals surface area contributed by atoms with Crippen molar-refractivity contribution in [1.29, 1.82) is 0 Å². The second-order valence-electron chi connectivity index (χ2n) is 6.19. The molecule has 7 nitrogen and oxygen atoms in total. The van der Waals surface area contributed by atoms with Crippen LogP contribution in [0.15, 0.2) is 24.3 Å². The molecular weight excluding hydrogens is 344 g/mol. The highest BCUT2D eigenvalue weighted by molar-refractivity contribution is 6.01. The monoisotopic (exact) mass is 366 g/mol. The molecule has 0 aliphatic carbocycles. The van der Waals surface area contributed by atoms with Gasteiger partial charge in [0.25, 0.3) is 5.91 Å². The van der Waals surface area contributed by atoms with Crippen molar-refractivity contribution in [3.8, 4) is 0 Å². The smallest absolute Gasteiger partial charge is 0.324 e. The van der Waals surface area contributed by atoms with Gasteiger partial charge in [0.15, 0.2) is 0 Å². The summed E-state index contributed by atoms with van der Waals surface area (Å²) in [4.78, 5) is 38.9. The summed E-state index contributed by atoms with van der Waals surface area (Å²) in [6.07, 6.45) is 2.05. The molecule has 0 spiro atoms. The summed E-state index contributed by atoms with van der Waals surface area (Å²) in [6, 6.07) is 7.01. The standard InChI is InChI=1S/C17H22N4O3.ClH/c1-18-9-14-3-2-8-20(14)16(23)13-6-4-12(5-7-13)11-21-15(22)10-19-17(21)24;/h4-7,14,18H,2-3,8-11H2,1H3,(H,19,24);1H. The van der Waals surface area contributed by atoms with E-state index in [4.69, 9.17) is 0 Å². The topological polar surface area (TPSA) is 81.8 Å². The highest BCUT2D eigenvalue weighted by atomic mass is 35.5. The van der Waals surface area contributed by atoms with Gasteiger partial charge in [-0.2, -0.15) is 0 Å². The zero-order valence-electron chi connectivity index (χ0n) is 14.2. The van der Waals surface area contributed by atoms with Crippen LogP contribution < -0.4 is 10.6 Å². The zero-order chi connectivity index (χ0) is 17.1. The molecule has 1 aromatic rings. The number of carbonyl (C=O) groups is 3. The first kappa shape index (κ1) is 19.2. The van der Waals surface area contributed by atoms with Crippen molar-refractivity contribution in [3.63, 3.8) is 0 Å². The number of urea groups is 1. The number of imide groups is 1. The third-order valence-electron chi connectivity index (χ3n) is 4.56. The van der Waals surface area contributed by atoms with E-state index in [1.807, 2.05) is 11.9 Å². The average molecular weight is 367 g/mol. The summed E-state index contributed by atoms with van der Waals surface area (Å²) in [6.45, 7) is 1.87. The van der Waals surface area contributed by atoms with Crippen LogP contribution in [0.1, 0.15) is 28.8 Å². The van der Waals surface area contributed by atoms with Gasteiger partial charge < -0.3 is 15.5 Å². The number of nitrogens with zero attached hydrogens (tertiary/aromatic N) is 2. The molecular formula is C17H23ClN4O3. The van der Waals surface area contributed by atoms with Crippen molar-refractivity contribution in [2.24, 2.45) is 0 Å². The van der Waals surface area contributed by atoms with E-state index in [-0.39, 0.29) is 49.4 Å². The lowest BCUT2D eigenvalue weighted by Gasteiger charge is -2.24. The predicted molar refractivity (Wildman–Crippen MR) is 95.6 cm³/mol. The van der Waals surface area contributed by atoms with E-state index in [0.29, 0.717) is 5.56 Å². The van der Waals surface area contributed by atoms with Crippen molar-refractivity contribution in [3.05, 3.63) is 35.4 Å². The van der Waals surface area contributed by atoms with E-state index in [1.54, 1.807) is 24.3 Å². The van der Waals surface area contributed by atoms with Crippen LogP contribution in [0.4, 0.5) is 4.79 Å². The number of hydrogen-bond acceptors (Lipinski definition) is 4. The molecule has 136 valence electrons. The number of halogens is 1. The van der Waals surface area contributed by atoms with Crippen LogP contribution >= 0.6 is 12.4 Å². The Bertz CT molecular complexity index is 634. The Hall–Kier alpha value is -2.12. The van der Waals surface area contributed by atoms with Crippen LogP contribution in [0.3, 0.4) is 0 Å². The lowest BCUT2D eigenvalue weighted by Crippen LogP contribution is -2.40. The van der Waals surface area contributed by atoms with E-state index in [0.717, 1.165) is 31.5 Å². The first-order valence-corrected chi connectivity index (χ1v) is 8.23. The molecule has 4 amide bonds. The first-order chi connectivity index (χ1) is 11.6. The van der Waals surface area contributed by atoms with E-state index >= 15 is 0 Å². The summed E-state index contributed by atoms with van der Waals surface area (Å²) in [5, 5.41) is 5.63. The number of rotatable bonds is 5. The largest absolute Gasteiger partial charge is 0.334 e. The second kappa shape index (κ2) is 8.31. The molecule has 1 atom stereocenters. The molecule has 3 rings (SSSR count). The van der Waals surface area contributed by atoms with Crippen LogP contribution in [0.5, 0.6) is 0 Å². The summed E-state index contributed by atoms with van der Waals surface area (Å²) in [7, 11) is 1.89. The van der Waals surface area contributed by atoms with E-state index in [2.05, 4.69) is 10.6 Å². The first-order valence-electron chi connectivity index (χ1n) is 8.23. The summed E-state index contributed by atoms with van der Waals surface area (Å²) in [5.41, 5.74) is 1.46. The SMILES string of the molecule is CNCC1CCCN1C(=O)c1ccc(CN2C(=O)CNC2=O)cc1.Cl. The van der Waals surface area contributed by atoms with E-state index in [9.17, 15) is 14.4 Å². The zero-order valence-corrected chi connectivity index (χ0v) is 15.0. The summed E-state index contributed by atoms with van der Waals surface area (Å²) < 4.78 is 0. The Morgan fingerprint density at radius 2 is 2.00 bits per heavy atom. The quantitative estimate of drug-likeness (QED) is 0.761. The third-order valence-corrected chi connectivity index (χ3v) is 4.56. The number of amides is 4. The Balaban J connectivity index is 0.00000225. The summed E-state index contributed by atoms with van der Waals surface area (Å²) in [5.74, 6) is -0.193. The number of nitrogens with one attached hydrogen (secondary N) is 2. The molecule has 1 unspecified atom stereocenters. The van der Waals surface area contributed by atoms with Gasteiger partial charge in [0.2, 0.25) is 5.91 Å². The number of likely N-dealkylation sites (tertiary alicyclic amines) is 1. The molecule has 25 heavy (non-hydrogen) atoms. The number of likely N-dealkylation sites (N-methyl/N-ethyl adjacent to an activating group) is 1. The van der Waals surface area contributed by atoms with Crippen LogP contribution in [0, 0.1) is 0 Å². The Kier molecular flexibility index (Phi) is 6.39. The molecule has 2 aliphatic rings. The number of hydrogen-bond donors (Lipinski definition) is 2. The minimum atomic E-state index is -0.368. The Labute approximate surface area is 153 Å². The van der Waals surface area contributed by atoms with Gasteiger partial charge in [-0.15, -0.1) is 12.4 Å². The fourth-order valence-electron chi connectivity index (χ4n) is 3.27. The van der Waals surface area contributed by atoms with Crippen molar-refractivity contribution >= 4 is 30.3 Å². The molecule has 2 aliphatic heterocycles. The van der Waals surface area contributed by atoms with Gasteiger partial charge in [-0.1, -0.05) is 12.1 Å². The maximum Gasteiger partial charge on any atom is 0.324 e. The Morgan fingerprint density at radius 3 is 2.60 bits per heavy atom. The van der Waals surface area contributed by atoms with Crippen molar-refractivity contribution < 1.29 is 14.4 Å². The third kappa shape index (κ3) is 4.11. The highest BCUT2D eigenvalue weighted by Gasteiger charge is 2.30. The molecule has 8 heteroatoms. The minimum Gasteiger partial charge on any atom is -0.334 e. The van der Waals surface area contributed by atoms with Gasteiger partial charge in [0, 0.05) is 24.7 Å². The van der Waals surface area contributed by atoms with Gasteiger partial charge in [-0.3, -0.25) is 14.5 Å². The van der Waals surface area contributed by atoms with Gasteiger partial charge >= 0.3 is 6.03 Å². The molecule has 0 radical (unpaired) electrons. The fraction of sp³-hybridized carbons (Fsp3) is 0.471. The second-order valence-corrected chi connectivity index (χ2v) is 6.19. The fourth-order valence-corrected chi connectivity index (χ4v) is 3.27. The van der Waals surface area contributed by atoms with Gasteiger partial charge in [-0.05, 0) is 37.6 Å². The van der Waals surface area contributed by atoms with E-state index in [1.165, 1.54) is 4.90 Å². The maximum atomic E-state index is 12.7. The van der Waals surface area contributed by atoms with Crippen molar-refractivity contribution in [2.75, 3.05) is 26.7 Å². The molecule has 2 saturated heterocycles. The summed E-state index contributed by atoms with van der Waals surface area (Å²) >= 11 is 0. The van der Waals surface area contributed by atoms with Gasteiger partial charge in [-0.25, -0.2) is 4.79 Å². The molecule has 1 aromatic carbocycles. The predicted octanol–water partition coefficient (Wildman–Crippen LogP) is 0.984. The molecule has 0 saturated carbocycles. The van der Waals surface area contributed by atoms with E-state index < -0.39 is 0 Å². The number of benzene rings is 1. The minimum absolute atomic E-state index is 0. The van der Waals surface area contributed by atoms with Crippen LogP contribution in [-0.2, 0) is 11.3 Å². The van der Waals surface area contributed by atoms with Gasteiger partial charge in [0.1, 0.15) is 0 Å². The van der Waals surface area contributed by atoms with Gasteiger partial charge in [0.05, 0.1) is 13.1 Å². The average Bonchev–Trinajstić information content (AvgIpc) is 3.17. The van der Waals surface area contributed by atoms with Crippen molar-refractivity contribution in [1.82, 2.24) is 20.4 Å². The molecule has 0 bridgehead atoms. The molecule has 2 N–H and O–H groups in total. The van der Waals surface area contributed by atoms with Crippen molar-refractivity contribution in [2.45, 2.75) is 25.4 Å². The highest BCUT2D eigenvalue weighted by Crippen LogP contribution is 2.20. The number of carbonyl (C=O) groups excluding carboxylic acids is 3. The molecule has 0 aromatic heterocycles. The van der Waals surface area contributed by atoms with Crippen LogP contribution in [0.2, 0.25) is 0 Å². The Morgan fingerprint density at radius 1 is 1.28 bits per heavy atom. The maximum absolute atomic E-state index is 12.7. The lowest BCUT2D eigenvalue weighted by atomic mass is 10.1.